The first-order valence-corrected chi connectivity index (χ1v) is 12.1. The van der Waals surface area contributed by atoms with E-state index < -0.39 is 18.2 Å². The fourth-order valence-electron chi connectivity index (χ4n) is 4.76. The van der Waals surface area contributed by atoms with Gasteiger partial charge in [-0.2, -0.15) is 18.3 Å². The van der Waals surface area contributed by atoms with Crippen molar-refractivity contribution in [3.05, 3.63) is 30.5 Å². The molecule has 2 saturated heterocycles. The number of carbonyl (C=O) groups excluding carboxylic acids is 1. The molecule has 0 radical (unpaired) electrons. The van der Waals surface area contributed by atoms with Crippen molar-refractivity contribution in [1.29, 1.82) is 0 Å². The number of nitrogens with zero attached hydrogens (tertiary/aromatic N) is 7. The Kier molecular flexibility index (Phi) is 6.82. The third-order valence-electron chi connectivity index (χ3n) is 6.88. The molecule has 2 aliphatic heterocycles. The van der Waals surface area contributed by atoms with Gasteiger partial charge in [0.25, 0.3) is 0 Å². The summed E-state index contributed by atoms with van der Waals surface area (Å²) in [5.41, 5.74) is 1.70. The first-order chi connectivity index (χ1) is 18.1. The van der Waals surface area contributed by atoms with Crippen LogP contribution in [0.2, 0.25) is 0 Å². The highest BCUT2D eigenvalue weighted by Gasteiger charge is 2.43. The second-order valence-electron chi connectivity index (χ2n) is 9.21. The summed E-state index contributed by atoms with van der Waals surface area (Å²) in [7, 11) is 1.45. The quantitative estimate of drug-likeness (QED) is 0.544. The molecule has 38 heavy (non-hydrogen) atoms. The highest BCUT2D eigenvalue weighted by atomic mass is 19.4. The first kappa shape index (κ1) is 25.7. The second-order valence-corrected chi connectivity index (χ2v) is 9.21. The van der Waals surface area contributed by atoms with Gasteiger partial charge in [0.15, 0.2) is 11.5 Å². The number of halogens is 3. The predicted octanol–water partition coefficient (Wildman–Crippen LogP) is 3.17. The number of carbonyl (C=O) groups is 2. The van der Waals surface area contributed by atoms with Crippen molar-refractivity contribution in [1.82, 2.24) is 24.6 Å². The summed E-state index contributed by atoms with van der Waals surface area (Å²) in [6.45, 7) is 2.26. The van der Waals surface area contributed by atoms with Gasteiger partial charge in [-0.15, -0.1) is 0 Å². The van der Waals surface area contributed by atoms with Crippen molar-refractivity contribution < 1.29 is 32.6 Å². The Morgan fingerprint density at radius 3 is 2.32 bits per heavy atom. The number of fused-ring (bicyclic) bond motifs is 1. The number of ether oxygens (including phenoxy) is 1. The number of piperidine rings is 1. The average molecular weight is 534 g/mol. The van der Waals surface area contributed by atoms with E-state index in [1.807, 2.05) is 0 Å². The van der Waals surface area contributed by atoms with E-state index in [-0.39, 0.29) is 19.1 Å². The third kappa shape index (κ3) is 4.95. The zero-order valence-electron chi connectivity index (χ0n) is 20.6. The smallest absolute Gasteiger partial charge is 0.465 e. The summed E-state index contributed by atoms with van der Waals surface area (Å²) in [4.78, 5) is 36.6. The van der Waals surface area contributed by atoms with Crippen LogP contribution < -0.4 is 9.80 Å². The lowest BCUT2D eigenvalue weighted by Gasteiger charge is -2.32. The molecule has 11 nitrogen and oxygen atoms in total. The highest BCUT2D eigenvalue weighted by molar-refractivity contribution is 5.89. The lowest BCUT2D eigenvalue weighted by atomic mass is 10.1. The number of carboxylic acid groups (broad SMARTS) is 1. The molecule has 0 spiro atoms. The number of anilines is 2. The molecule has 1 aromatic carbocycles. The Bertz CT molecular complexity index is 1330. The monoisotopic (exact) mass is 533 g/mol. The normalized spacial score (nSPS) is 17.2. The van der Waals surface area contributed by atoms with Crippen molar-refractivity contribution in [2.75, 3.05) is 56.2 Å². The van der Waals surface area contributed by atoms with E-state index in [9.17, 15) is 27.9 Å². The number of amides is 2. The van der Waals surface area contributed by atoms with E-state index in [0.29, 0.717) is 73.1 Å². The number of morpholine rings is 1. The van der Waals surface area contributed by atoms with Crippen LogP contribution in [0, 0.1) is 0 Å². The van der Waals surface area contributed by atoms with Crippen LogP contribution in [0.25, 0.3) is 22.4 Å². The third-order valence-corrected chi connectivity index (χ3v) is 6.88. The van der Waals surface area contributed by atoms with Crippen LogP contribution in [-0.2, 0) is 9.53 Å². The minimum Gasteiger partial charge on any atom is -0.465 e. The van der Waals surface area contributed by atoms with Gasteiger partial charge in [-0.05, 0) is 37.1 Å². The van der Waals surface area contributed by atoms with Crippen LogP contribution in [0.3, 0.4) is 0 Å². The predicted molar refractivity (Wildman–Crippen MR) is 131 cm³/mol. The summed E-state index contributed by atoms with van der Waals surface area (Å²) in [5.74, 6) is -0.733. The van der Waals surface area contributed by atoms with Gasteiger partial charge >= 0.3 is 18.2 Å². The van der Waals surface area contributed by atoms with Gasteiger partial charge in [-0.3, -0.25) is 9.69 Å². The SMILES string of the molecule is CN(C(=O)O)c1ccc(-c2nc(N3CCOCC3)c3cnn(C4CCN(C(=O)C(F)(F)F)CC4)c3n2)cc1. The molecular weight excluding hydrogens is 507 g/mol. The topological polar surface area (TPSA) is 117 Å². The minimum atomic E-state index is -4.89. The second kappa shape index (κ2) is 10.1. The molecule has 0 atom stereocenters. The van der Waals surface area contributed by atoms with Crippen LogP contribution in [-0.4, -0.2) is 94.4 Å². The van der Waals surface area contributed by atoms with Crippen molar-refractivity contribution in [3.63, 3.8) is 0 Å². The molecule has 2 aliphatic rings. The van der Waals surface area contributed by atoms with Crippen LogP contribution in [0.4, 0.5) is 29.5 Å². The molecule has 3 aromatic rings. The Morgan fingerprint density at radius 2 is 1.71 bits per heavy atom. The van der Waals surface area contributed by atoms with Gasteiger partial charge in [0.2, 0.25) is 0 Å². The van der Waals surface area contributed by atoms with E-state index in [1.54, 1.807) is 35.1 Å². The Hall–Kier alpha value is -3.94. The minimum absolute atomic E-state index is 0.0306. The molecule has 4 heterocycles. The number of likely N-dealkylation sites (tertiary alicyclic amines) is 1. The lowest BCUT2D eigenvalue weighted by Crippen LogP contribution is -2.45. The number of aromatic nitrogens is 4. The number of hydrogen-bond acceptors (Lipinski definition) is 7. The molecule has 2 aromatic heterocycles. The van der Waals surface area contributed by atoms with E-state index in [4.69, 9.17) is 14.7 Å². The lowest BCUT2D eigenvalue weighted by molar-refractivity contribution is -0.186. The van der Waals surface area contributed by atoms with E-state index >= 15 is 0 Å². The van der Waals surface area contributed by atoms with Crippen LogP contribution in [0.15, 0.2) is 30.5 Å². The standard InChI is InChI=1S/C24H26F3N7O4/c1-31(23(36)37)16-4-2-15(3-5-16)19-29-20(32-10-12-38-13-11-32)18-14-28-34(21(18)30-19)17-6-8-33(9-7-17)22(35)24(25,26)27/h2-5,14,17H,6-13H2,1H3,(H,36,37). The van der Waals surface area contributed by atoms with Gasteiger partial charge in [-0.1, -0.05) is 0 Å². The maximum absolute atomic E-state index is 12.9. The number of alkyl halides is 3. The Balaban J connectivity index is 1.50. The molecule has 0 bridgehead atoms. The zero-order chi connectivity index (χ0) is 27.0. The fraction of sp³-hybridized carbons (Fsp3) is 0.458. The summed E-state index contributed by atoms with van der Waals surface area (Å²) in [6, 6.07) is 6.56. The van der Waals surface area contributed by atoms with E-state index in [2.05, 4.69) is 10.00 Å². The molecule has 14 heteroatoms. The number of benzene rings is 1. The molecule has 2 amide bonds. The fourth-order valence-corrected chi connectivity index (χ4v) is 4.76. The first-order valence-electron chi connectivity index (χ1n) is 12.1. The number of hydrogen-bond donors (Lipinski definition) is 1. The van der Waals surface area contributed by atoms with Crippen LogP contribution >= 0.6 is 0 Å². The van der Waals surface area contributed by atoms with E-state index in [1.165, 1.54) is 7.05 Å². The van der Waals surface area contributed by atoms with Crippen LogP contribution in [0.5, 0.6) is 0 Å². The summed E-state index contributed by atoms with van der Waals surface area (Å²) in [6.07, 6.45) is -3.70. The summed E-state index contributed by atoms with van der Waals surface area (Å²) in [5, 5.41) is 14.5. The zero-order valence-corrected chi connectivity index (χ0v) is 20.6. The summed E-state index contributed by atoms with van der Waals surface area (Å²) >= 11 is 0. The van der Waals surface area contributed by atoms with Gasteiger partial charge in [0, 0.05) is 44.5 Å². The molecule has 0 unspecified atom stereocenters. The maximum atomic E-state index is 12.9. The van der Waals surface area contributed by atoms with E-state index in [0.717, 1.165) is 9.80 Å². The highest BCUT2D eigenvalue weighted by Crippen LogP contribution is 2.33. The molecular formula is C24H26F3N7O4. The van der Waals surface area contributed by atoms with Crippen molar-refractivity contribution in [2.45, 2.75) is 25.1 Å². The largest absolute Gasteiger partial charge is 0.471 e. The van der Waals surface area contributed by atoms with Crippen molar-refractivity contribution in [3.8, 4) is 11.4 Å². The molecule has 0 aliphatic carbocycles. The summed E-state index contributed by atoms with van der Waals surface area (Å²) < 4.78 is 45.8. The Labute approximate surface area is 215 Å². The molecule has 2 fully saturated rings. The Morgan fingerprint density at radius 1 is 1.05 bits per heavy atom. The van der Waals surface area contributed by atoms with Crippen LogP contribution in [0.1, 0.15) is 18.9 Å². The van der Waals surface area contributed by atoms with Crippen molar-refractivity contribution >= 4 is 34.5 Å². The molecule has 1 N–H and O–H groups in total. The average Bonchev–Trinajstić information content (AvgIpc) is 3.36. The molecule has 202 valence electrons. The number of rotatable bonds is 4. The van der Waals surface area contributed by atoms with Gasteiger partial charge < -0.3 is 19.6 Å². The van der Waals surface area contributed by atoms with Gasteiger partial charge in [0.1, 0.15) is 5.82 Å². The van der Waals surface area contributed by atoms with Gasteiger partial charge in [0.05, 0.1) is 30.8 Å². The van der Waals surface area contributed by atoms with Crippen molar-refractivity contribution in [2.24, 2.45) is 0 Å². The van der Waals surface area contributed by atoms with Gasteiger partial charge in [-0.25, -0.2) is 19.4 Å². The molecule has 5 rings (SSSR count). The maximum Gasteiger partial charge on any atom is 0.471 e. The molecule has 0 saturated carbocycles.